The molecule has 0 atom stereocenters. The normalized spacial score (nSPS) is 9.60. The van der Waals surface area contributed by atoms with Gasteiger partial charge in [0.25, 0.3) is 11.8 Å². The van der Waals surface area contributed by atoms with Crippen LogP contribution < -0.4 is 5.73 Å². The average molecular weight is 143 g/mol. The number of amides is 1. The second-order valence-electron chi connectivity index (χ2n) is 1.63. The lowest BCUT2D eigenvalue weighted by Gasteiger charge is -1.90. The molecule has 0 aromatic carbocycles. The van der Waals surface area contributed by atoms with Gasteiger partial charge in [0.15, 0.2) is 5.69 Å². The molecule has 0 aliphatic heterocycles. The van der Waals surface area contributed by atoms with Crippen molar-refractivity contribution in [2.24, 2.45) is 5.73 Å². The Bertz CT molecular complexity index is 267. The molecule has 1 amide bonds. The van der Waals surface area contributed by atoms with E-state index in [-0.39, 0.29) is 5.69 Å². The highest BCUT2D eigenvalue weighted by atomic mass is 16.5. The molecule has 0 spiro atoms. The standard InChI is InChI=1S/C4H5N3O3/c5-3(8)2-4(9)7(10)1-6-2/h1,9-10H,(H2,5,8). The van der Waals surface area contributed by atoms with E-state index in [2.05, 4.69) is 4.98 Å². The smallest absolute Gasteiger partial charge is 0.273 e. The van der Waals surface area contributed by atoms with Crippen molar-refractivity contribution in [1.29, 1.82) is 0 Å². The van der Waals surface area contributed by atoms with E-state index >= 15 is 0 Å². The van der Waals surface area contributed by atoms with E-state index in [1.807, 2.05) is 0 Å². The average Bonchev–Trinajstić information content (AvgIpc) is 2.14. The maximum Gasteiger partial charge on any atom is 0.273 e. The number of aromatic hydroxyl groups is 1. The third kappa shape index (κ3) is 0.750. The number of hydrogen-bond acceptors (Lipinski definition) is 4. The second kappa shape index (κ2) is 1.90. The van der Waals surface area contributed by atoms with Gasteiger partial charge in [-0.15, -0.1) is 4.73 Å². The van der Waals surface area contributed by atoms with Gasteiger partial charge in [-0.1, -0.05) is 0 Å². The van der Waals surface area contributed by atoms with Gasteiger partial charge in [0, 0.05) is 0 Å². The Hall–Kier alpha value is -1.72. The van der Waals surface area contributed by atoms with Gasteiger partial charge in [-0.2, -0.15) is 0 Å². The van der Waals surface area contributed by atoms with Crippen LogP contribution in [0, 0.1) is 0 Å². The molecule has 6 heteroatoms. The summed E-state index contributed by atoms with van der Waals surface area (Å²) in [5, 5.41) is 17.3. The van der Waals surface area contributed by atoms with Crippen LogP contribution in [0.5, 0.6) is 5.88 Å². The van der Waals surface area contributed by atoms with Crippen molar-refractivity contribution in [2.45, 2.75) is 0 Å². The zero-order valence-corrected chi connectivity index (χ0v) is 4.85. The predicted molar refractivity (Wildman–Crippen MR) is 29.6 cm³/mol. The van der Waals surface area contributed by atoms with Gasteiger partial charge in [-0.3, -0.25) is 4.79 Å². The number of nitrogens with two attached hydrogens (primary N) is 1. The summed E-state index contributed by atoms with van der Waals surface area (Å²) in [4.78, 5) is 13.6. The van der Waals surface area contributed by atoms with Crippen LogP contribution in [0.25, 0.3) is 0 Å². The van der Waals surface area contributed by atoms with Gasteiger partial charge in [0.2, 0.25) is 0 Å². The highest BCUT2D eigenvalue weighted by molar-refractivity contribution is 5.92. The number of carbonyl (C=O) groups is 1. The van der Waals surface area contributed by atoms with Crippen LogP contribution >= 0.6 is 0 Å². The Morgan fingerprint density at radius 3 is 2.60 bits per heavy atom. The van der Waals surface area contributed by atoms with E-state index < -0.39 is 11.8 Å². The van der Waals surface area contributed by atoms with Gasteiger partial charge < -0.3 is 16.0 Å². The van der Waals surface area contributed by atoms with Crippen molar-refractivity contribution < 1.29 is 15.1 Å². The lowest BCUT2D eigenvalue weighted by atomic mass is 10.4. The molecule has 4 N–H and O–H groups in total. The number of hydrogen-bond donors (Lipinski definition) is 3. The third-order valence-electron chi connectivity index (χ3n) is 0.958. The minimum atomic E-state index is -0.884. The van der Waals surface area contributed by atoms with E-state index in [9.17, 15) is 4.79 Å². The molecule has 10 heavy (non-hydrogen) atoms. The minimum Gasteiger partial charge on any atom is -0.491 e. The van der Waals surface area contributed by atoms with E-state index in [0.29, 0.717) is 4.73 Å². The van der Waals surface area contributed by atoms with Crippen molar-refractivity contribution in [2.75, 3.05) is 0 Å². The Balaban J connectivity index is 3.17. The molecule has 1 rings (SSSR count). The number of carbonyl (C=O) groups excluding carboxylic acids is 1. The summed E-state index contributed by atoms with van der Waals surface area (Å²) in [7, 11) is 0. The van der Waals surface area contributed by atoms with Gasteiger partial charge in [0.1, 0.15) is 6.33 Å². The molecule has 0 aliphatic rings. The molecule has 0 saturated heterocycles. The first-order chi connectivity index (χ1) is 4.63. The molecule has 1 heterocycles. The van der Waals surface area contributed by atoms with Crippen molar-refractivity contribution in [3.63, 3.8) is 0 Å². The Morgan fingerprint density at radius 1 is 1.80 bits per heavy atom. The van der Waals surface area contributed by atoms with Crippen LogP contribution in [0.4, 0.5) is 0 Å². The summed E-state index contributed by atoms with van der Waals surface area (Å²) in [5.41, 5.74) is 4.40. The maximum atomic E-state index is 10.3. The van der Waals surface area contributed by atoms with Gasteiger partial charge >= 0.3 is 0 Å². The number of primary amides is 1. The summed E-state index contributed by atoms with van der Waals surface area (Å²) in [6.45, 7) is 0. The number of nitrogens with zero attached hydrogens (tertiary/aromatic N) is 2. The number of aromatic nitrogens is 2. The molecule has 0 aliphatic carbocycles. The SMILES string of the molecule is NC(=O)c1ncn(O)c1O. The molecule has 54 valence electrons. The Kier molecular flexibility index (Phi) is 1.22. The monoisotopic (exact) mass is 143 g/mol. The van der Waals surface area contributed by atoms with E-state index in [4.69, 9.17) is 16.0 Å². The van der Waals surface area contributed by atoms with Gasteiger partial charge in [-0.25, -0.2) is 4.98 Å². The first-order valence-corrected chi connectivity index (χ1v) is 2.38. The number of imidazole rings is 1. The maximum absolute atomic E-state index is 10.3. The molecular weight excluding hydrogens is 138 g/mol. The Labute approximate surface area is 55.5 Å². The highest BCUT2D eigenvalue weighted by Gasteiger charge is 2.13. The molecule has 6 nitrogen and oxygen atoms in total. The van der Waals surface area contributed by atoms with Gasteiger partial charge in [0.05, 0.1) is 0 Å². The van der Waals surface area contributed by atoms with E-state index in [0.717, 1.165) is 6.33 Å². The van der Waals surface area contributed by atoms with Crippen LogP contribution in [0.2, 0.25) is 0 Å². The molecule has 0 radical (unpaired) electrons. The van der Waals surface area contributed by atoms with Crippen LogP contribution in [0.3, 0.4) is 0 Å². The molecule has 0 bridgehead atoms. The van der Waals surface area contributed by atoms with E-state index in [1.165, 1.54) is 0 Å². The summed E-state index contributed by atoms with van der Waals surface area (Å²) < 4.78 is 0.306. The summed E-state index contributed by atoms with van der Waals surface area (Å²) >= 11 is 0. The fraction of sp³-hybridized carbons (Fsp3) is 0. The van der Waals surface area contributed by atoms with Crippen molar-refractivity contribution in [1.82, 2.24) is 9.71 Å². The third-order valence-corrected chi connectivity index (χ3v) is 0.958. The number of rotatable bonds is 1. The zero-order chi connectivity index (χ0) is 7.72. The molecule has 1 aromatic rings. The zero-order valence-electron chi connectivity index (χ0n) is 4.85. The molecule has 0 unspecified atom stereocenters. The molecule has 0 fully saturated rings. The van der Waals surface area contributed by atoms with E-state index in [1.54, 1.807) is 0 Å². The summed E-state index contributed by atoms with van der Waals surface area (Å²) in [6.07, 6.45) is 0.870. The first kappa shape index (κ1) is 6.40. The lowest BCUT2D eigenvalue weighted by molar-refractivity contribution is 0.0987. The van der Waals surface area contributed by atoms with Crippen molar-refractivity contribution in [3.8, 4) is 5.88 Å². The first-order valence-electron chi connectivity index (χ1n) is 2.38. The highest BCUT2D eigenvalue weighted by Crippen LogP contribution is 2.11. The van der Waals surface area contributed by atoms with Crippen LogP contribution in [-0.4, -0.2) is 25.9 Å². The lowest BCUT2D eigenvalue weighted by Crippen LogP contribution is -2.11. The molecule has 0 saturated carbocycles. The van der Waals surface area contributed by atoms with Crippen LogP contribution in [0.1, 0.15) is 10.5 Å². The molecular formula is C4H5N3O3. The second-order valence-corrected chi connectivity index (χ2v) is 1.63. The Morgan fingerprint density at radius 2 is 2.40 bits per heavy atom. The topological polar surface area (TPSA) is 101 Å². The van der Waals surface area contributed by atoms with Gasteiger partial charge in [-0.05, 0) is 0 Å². The fourth-order valence-corrected chi connectivity index (χ4v) is 0.507. The predicted octanol–water partition coefficient (Wildman–Crippen LogP) is -1.08. The summed E-state index contributed by atoms with van der Waals surface area (Å²) in [5.74, 6) is -1.53. The summed E-state index contributed by atoms with van der Waals surface area (Å²) in [6, 6.07) is 0. The minimum absolute atomic E-state index is 0.306. The van der Waals surface area contributed by atoms with Crippen molar-refractivity contribution in [3.05, 3.63) is 12.0 Å². The fourth-order valence-electron chi connectivity index (χ4n) is 0.507. The quantitative estimate of drug-likeness (QED) is 0.435. The van der Waals surface area contributed by atoms with Crippen LogP contribution in [-0.2, 0) is 0 Å². The molecule has 1 aromatic heterocycles. The largest absolute Gasteiger partial charge is 0.491 e. The van der Waals surface area contributed by atoms with Crippen molar-refractivity contribution >= 4 is 5.91 Å². The van der Waals surface area contributed by atoms with Crippen LogP contribution in [0.15, 0.2) is 6.33 Å².